The summed E-state index contributed by atoms with van der Waals surface area (Å²) < 4.78 is 15.2. The van der Waals surface area contributed by atoms with Gasteiger partial charge in [0.1, 0.15) is 12.1 Å². The lowest BCUT2D eigenvalue weighted by molar-refractivity contribution is 0.585. The zero-order valence-corrected chi connectivity index (χ0v) is 12.9. The molecule has 1 aromatic heterocycles. The summed E-state index contributed by atoms with van der Waals surface area (Å²) in [7, 11) is 0. The third kappa shape index (κ3) is 3.79. The molecular weight excluding hydrogens is 301 g/mol. The van der Waals surface area contributed by atoms with Crippen LogP contribution in [0.15, 0.2) is 30.6 Å². The van der Waals surface area contributed by atoms with Crippen molar-refractivity contribution in [2.45, 2.75) is 38.3 Å². The number of halogens is 1. The lowest BCUT2D eigenvalue weighted by Crippen LogP contribution is -2.36. The Labute approximate surface area is 133 Å². The van der Waals surface area contributed by atoms with Crippen LogP contribution in [0.4, 0.5) is 10.3 Å². The Morgan fingerprint density at radius 3 is 2.86 bits per heavy atom. The highest BCUT2D eigenvalue weighted by atomic mass is 32.1. The van der Waals surface area contributed by atoms with Crippen molar-refractivity contribution in [3.05, 3.63) is 42.0 Å². The van der Waals surface area contributed by atoms with Crippen molar-refractivity contribution < 1.29 is 4.39 Å². The van der Waals surface area contributed by atoms with Crippen LogP contribution in [-0.4, -0.2) is 25.9 Å². The molecule has 0 unspecified atom stereocenters. The van der Waals surface area contributed by atoms with Gasteiger partial charge in [-0.05, 0) is 31.1 Å². The third-order valence-electron chi connectivity index (χ3n) is 3.74. The molecule has 0 atom stereocenters. The first-order valence-corrected chi connectivity index (χ1v) is 7.82. The van der Waals surface area contributed by atoms with Crippen molar-refractivity contribution in [1.29, 1.82) is 0 Å². The van der Waals surface area contributed by atoms with Gasteiger partial charge in [-0.2, -0.15) is 0 Å². The number of anilines is 1. The maximum Gasteiger partial charge on any atom is 0.248 e. The highest BCUT2D eigenvalue weighted by molar-refractivity contribution is 7.80. The fourth-order valence-electron chi connectivity index (χ4n) is 2.62. The van der Waals surface area contributed by atoms with E-state index in [1.807, 2.05) is 0 Å². The second-order valence-electron chi connectivity index (χ2n) is 5.44. The number of aromatic nitrogens is 3. The molecule has 0 radical (unpaired) electrons. The maximum atomic E-state index is 13.6. The molecule has 2 N–H and O–H groups in total. The van der Waals surface area contributed by atoms with Crippen molar-refractivity contribution in [3.63, 3.8) is 0 Å². The van der Waals surface area contributed by atoms with Gasteiger partial charge in [0.15, 0.2) is 5.11 Å². The fraction of sp³-hybridized carbons (Fsp3) is 0.400. The number of hydrogen-bond acceptors (Lipinski definition) is 3. The average molecular weight is 319 g/mol. The molecule has 2 aromatic rings. The number of nitrogens with zero attached hydrogens (tertiary/aromatic N) is 3. The Hall–Kier alpha value is -2.02. The Balaban J connectivity index is 1.56. The molecule has 0 spiro atoms. The topological polar surface area (TPSA) is 54.8 Å². The van der Waals surface area contributed by atoms with Gasteiger partial charge < -0.3 is 5.32 Å². The van der Waals surface area contributed by atoms with E-state index in [0.717, 1.165) is 12.8 Å². The van der Waals surface area contributed by atoms with Crippen LogP contribution in [0.3, 0.4) is 0 Å². The molecule has 5 nitrogen and oxygen atoms in total. The molecule has 1 aromatic carbocycles. The lowest BCUT2D eigenvalue weighted by atomic mass is 10.2. The number of nitrogens with one attached hydrogen (secondary N) is 2. The molecule has 1 saturated carbocycles. The first kappa shape index (κ1) is 14.9. The number of benzene rings is 1. The number of hydrogen-bond donors (Lipinski definition) is 2. The summed E-state index contributed by atoms with van der Waals surface area (Å²) in [4.78, 5) is 4.15. The molecule has 116 valence electrons. The molecule has 1 aliphatic rings. The zero-order chi connectivity index (χ0) is 15.4. The van der Waals surface area contributed by atoms with E-state index in [2.05, 4.69) is 20.7 Å². The summed E-state index contributed by atoms with van der Waals surface area (Å²) in [6, 6.07) is 7.08. The molecule has 7 heteroatoms. The highest BCUT2D eigenvalue weighted by Gasteiger charge is 2.16. The summed E-state index contributed by atoms with van der Waals surface area (Å²) in [5, 5.41) is 11.0. The Bertz CT molecular complexity index is 651. The van der Waals surface area contributed by atoms with E-state index in [9.17, 15) is 4.39 Å². The Morgan fingerprint density at radius 1 is 1.32 bits per heavy atom. The molecule has 0 aliphatic heterocycles. The summed E-state index contributed by atoms with van der Waals surface area (Å²) in [6.07, 6.45) is 6.35. The minimum atomic E-state index is -0.245. The van der Waals surface area contributed by atoms with Crippen molar-refractivity contribution in [2.24, 2.45) is 0 Å². The quantitative estimate of drug-likeness (QED) is 0.849. The second kappa shape index (κ2) is 6.83. The normalized spacial score (nSPS) is 15.0. The van der Waals surface area contributed by atoms with Gasteiger partial charge >= 0.3 is 0 Å². The van der Waals surface area contributed by atoms with E-state index in [1.54, 1.807) is 29.2 Å². The fourth-order valence-corrected chi connectivity index (χ4v) is 2.88. The van der Waals surface area contributed by atoms with Crippen LogP contribution in [0, 0.1) is 5.82 Å². The van der Waals surface area contributed by atoms with Crippen LogP contribution in [0.2, 0.25) is 0 Å². The molecule has 3 rings (SSSR count). The summed E-state index contributed by atoms with van der Waals surface area (Å²) >= 11 is 5.26. The van der Waals surface area contributed by atoms with Gasteiger partial charge in [0.2, 0.25) is 5.95 Å². The van der Waals surface area contributed by atoms with E-state index in [-0.39, 0.29) is 5.82 Å². The monoisotopic (exact) mass is 319 g/mol. The van der Waals surface area contributed by atoms with Crippen LogP contribution < -0.4 is 10.6 Å². The van der Waals surface area contributed by atoms with Gasteiger partial charge in [0.05, 0.1) is 6.54 Å². The Morgan fingerprint density at radius 2 is 2.09 bits per heavy atom. The molecule has 22 heavy (non-hydrogen) atoms. The van der Waals surface area contributed by atoms with E-state index < -0.39 is 0 Å². The minimum absolute atomic E-state index is 0.245. The van der Waals surface area contributed by atoms with Gasteiger partial charge in [-0.1, -0.05) is 31.0 Å². The standard InChI is InChI=1S/C15H18FN5S/c16-13-8-4-1-5-11(13)9-21-10-17-14(20-21)19-15(22)18-12-6-2-3-7-12/h1,4-5,8,10,12H,2-3,6-7,9H2,(H2,18,19,20,22). The zero-order valence-electron chi connectivity index (χ0n) is 12.1. The van der Waals surface area contributed by atoms with E-state index in [4.69, 9.17) is 12.2 Å². The van der Waals surface area contributed by atoms with Crippen molar-refractivity contribution in [3.8, 4) is 0 Å². The number of thiocarbonyl (C=S) groups is 1. The van der Waals surface area contributed by atoms with Crippen LogP contribution >= 0.6 is 12.2 Å². The molecule has 1 heterocycles. The molecule has 1 fully saturated rings. The average Bonchev–Trinajstić information content (AvgIpc) is 3.14. The van der Waals surface area contributed by atoms with Crippen molar-refractivity contribution in [2.75, 3.05) is 5.32 Å². The van der Waals surface area contributed by atoms with E-state index in [0.29, 0.717) is 29.2 Å². The van der Waals surface area contributed by atoms with Crippen LogP contribution in [0.1, 0.15) is 31.2 Å². The Kier molecular flexibility index (Phi) is 4.62. The van der Waals surface area contributed by atoms with Crippen LogP contribution in [0.25, 0.3) is 0 Å². The highest BCUT2D eigenvalue weighted by Crippen LogP contribution is 2.17. The predicted octanol–water partition coefficient (Wildman–Crippen LogP) is 2.69. The molecule has 0 saturated heterocycles. The lowest BCUT2D eigenvalue weighted by Gasteiger charge is -2.13. The molecule has 0 amide bonds. The van der Waals surface area contributed by atoms with Crippen molar-refractivity contribution >= 4 is 23.3 Å². The summed E-state index contributed by atoms with van der Waals surface area (Å²) in [5.41, 5.74) is 0.575. The van der Waals surface area contributed by atoms with Gasteiger partial charge in [-0.25, -0.2) is 14.1 Å². The maximum absolute atomic E-state index is 13.6. The van der Waals surface area contributed by atoms with Crippen LogP contribution in [-0.2, 0) is 6.54 Å². The smallest absolute Gasteiger partial charge is 0.248 e. The van der Waals surface area contributed by atoms with E-state index >= 15 is 0 Å². The first-order chi connectivity index (χ1) is 10.7. The SMILES string of the molecule is Fc1ccccc1Cn1cnc(NC(=S)NC2CCCC2)n1. The largest absolute Gasteiger partial charge is 0.360 e. The molecular formula is C15H18FN5S. The molecule has 1 aliphatic carbocycles. The number of rotatable bonds is 4. The third-order valence-corrected chi connectivity index (χ3v) is 3.96. The minimum Gasteiger partial charge on any atom is -0.360 e. The van der Waals surface area contributed by atoms with Crippen LogP contribution in [0.5, 0.6) is 0 Å². The van der Waals surface area contributed by atoms with Crippen molar-refractivity contribution in [1.82, 2.24) is 20.1 Å². The second-order valence-corrected chi connectivity index (χ2v) is 5.85. The molecule has 0 bridgehead atoms. The summed E-state index contributed by atoms with van der Waals surface area (Å²) in [5.74, 6) is 0.178. The van der Waals surface area contributed by atoms with Gasteiger partial charge in [0, 0.05) is 11.6 Å². The first-order valence-electron chi connectivity index (χ1n) is 7.41. The van der Waals surface area contributed by atoms with Gasteiger partial charge in [0.25, 0.3) is 0 Å². The van der Waals surface area contributed by atoms with Gasteiger partial charge in [-0.15, -0.1) is 5.10 Å². The van der Waals surface area contributed by atoms with E-state index in [1.165, 1.54) is 18.9 Å². The predicted molar refractivity (Wildman–Crippen MR) is 87.1 cm³/mol. The summed E-state index contributed by atoms with van der Waals surface area (Å²) in [6.45, 7) is 0.337. The van der Waals surface area contributed by atoms with Gasteiger partial charge in [-0.3, -0.25) is 5.32 Å².